The zero-order valence-electron chi connectivity index (χ0n) is 8.39. The molecule has 0 saturated heterocycles. The number of aromatic nitrogens is 3. The molecule has 0 aliphatic carbocycles. The zero-order chi connectivity index (χ0) is 13.4. The van der Waals surface area contributed by atoms with Gasteiger partial charge in [-0.25, -0.2) is 4.57 Å². The van der Waals surface area contributed by atoms with Gasteiger partial charge in [0.1, 0.15) is 6.79 Å². The van der Waals surface area contributed by atoms with E-state index in [1.807, 2.05) is 6.79 Å². The van der Waals surface area contributed by atoms with Crippen molar-refractivity contribution in [1.29, 1.82) is 0 Å². The largest absolute Gasteiger partial charge is 0.466 e. The molecule has 0 bridgehead atoms. The second-order valence-electron chi connectivity index (χ2n) is 1.92. The second kappa shape index (κ2) is 9.38. The summed E-state index contributed by atoms with van der Waals surface area (Å²) >= 11 is 0. The van der Waals surface area contributed by atoms with Gasteiger partial charge in [0.25, 0.3) is 0 Å². The number of nitrogens with two attached hydrogens (primary N) is 3. The lowest BCUT2D eigenvalue weighted by Gasteiger charge is -1.93. The number of anilines is 3. The maximum absolute atomic E-state index is 8.88. The van der Waals surface area contributed by atoms with Crippen LogP contribution in [0.25, 0.3) is 0 Å². The van der Waals surface area contributed by atoms with Gasteiger partial charge in [-0.15, -0.1) is 0 Å². The molecule has 1 aromatic rings. The van der Waals surface area contributed by atoms with E-state index >= 15 is 0 Å². The number of hydrogen-bond acceptors (Lipinski definition) is 8. The highest BCUT2D eigenvalue weighted by Gasteiger charge is 2.00. The molecule has 1 rings (SSSR count). The predicted molar refractivity (Wildman–Crippen MR) is 58.1 cm³/mol. The minimum Gasteiger partial charge on any atom is -0.412 e. The van der Waals surface area contributed by atoms with Gasteiger partial charge < -0.3 is 42.2 Å². The Hall–Kier alpha value is -1.85. The Bertz CT molecular complexity index is 311. The fraction of sp³-hybridized carbons (Fsp3) is 0. The van der Waals surface area contributed by atoms with Crippen molar-refractivity contribution in [2.45, 2.75) is 0 Å². The number of carbonyl (C=O) groups excluding carboxylic acids is 1. The molecule has 0 radical (unpaired) electrons. The number of nitrogens with zero attached hydrogens (tertiary/aromatic N) is 3. The van der Waals surface area contributed by atoms with Crippen LogP contribution in [0, 0.1) is 0 Å². The Morgan fingerprint density at radius 2 is 1.00 bits per heavy atom. The molecule has 0 spiro atoms. The summed E-state index contributed by atoms with van der Waals surface area (Å²) in [4.78, 5) is 40.0. The molecule has 0 amide bonds. The quantitative estimate of drug-likeness (QED) is 0.255. The van der Waals surface area contributed by atoms with E-state index in [0.29, 0.717) is 0 Å². The smallest absolute Gasteiger partial charge is 0.412 e. The molecule has 17 heavy (non-hydrogen) atoms. The van der Waals surface area contributed by atoms with Crippen molar-refractivity contribution in [3.05, 3.63) is 0 Å². The van der Waals surface area contributed by atoms with E-state index in [9.17, 15) is 0 Å². The molecular formula is C4H13N6O6P. The van der Waals surface area contributed by atoms with Crippen LogP contribution in [0.1, 0.15) is 0 Å². The van der Waals surface area contributed by atoms with Gasteiger partial charge in [-0.05, 0) is 0 Å². The molecule has 0 saturated carbocycles. The first-order valence-electron chi connectivity index (χ1n) is 3.28. The van der Waals surface area contributed by atoms with Crippen LogP contribution in [0.3, 0.4) is 0 Å². The van der Waals surface area contributed by atoms with Gasteiger partial charge in [-0.1, -0.05) is 0 Å². The Morgan fingerprint density at radius 1 is 0.882 bits per heavy atom. The van der Waals surface area contributed by atoms with Crippen molar-refractivity contribution in [2.24, 2.45) is 0 Å². The summed E-state index contributed by atoms with van der Waals surface area (Å²) in [7, 11) is -4.64. The molecule has 0 atom stereocenters. The van der Waals surface area contributed by atoms with Gasteiger partial charge in [-0.2, -0.15) is 15.0 Å². The van der Waals surface area contributed by atoms with Crippen LogP contribution < -0.4 is 17.2 Å². The Labute approximate surface area is 95.1 Å². The number of phosphoric acid groups is 1. The third-order valence-corrected chi connectivity index (χ3v) is 0.687. The Kier molecular flexibility index (Phi) is 11.3. The van der Waals surface area contributed by atoms with Gasteiger partial charge >= 0.3 is 7.82 Å². The highest BCUT2D eigenvalue weighted by molar-refractivity contribution is 7.45. The first-order chi connectivity index (χ1) is 7.18. The van der Waals surface area contributed by atoms with Crippen LogP contribution >= 0.6 is 7.82 Å². The Morgan fingerprint density at radius 3 is 1.12 bits per heavy atom. The van der Waals surface area contributed by atoms with E-state index in [1.54, 1.807) is 0 Å². The average molecular weight is 272 g/mol. The number of hydrogen-bond donors (Lipinski definition) is 6. The zero-order valence-corrected chi connectivity index (χ0v) is 9.28. The lowest BCUT2D eigenvalue weighted by molar-refractivity contribution is -0.0980. The van der Waals surface area contributed by atoms with Crippen molar-refractivity contribution in [3.63, 3.8) is 0 Å². The topological polar surface area (TPSA) is 243 Å². The van der Waals surface area contributed by atoms with Crippen LogP contribution in [0.15, 0.2) is 0 Å². The number of nitrogen functional groups attached to an aromatic ring is 3. The first-order valence-corrected chi connectivity index (χ1v) is 4.84. The highest BCUT2D eigenvalue weighted by Crippen LogP contribution is 2.25. The molecule has 1 heterocycles. The standard InChI is InChI=1S/C3H6N6.CH2O.H3O4P.H2O/c4-1-7-2(5)9-3(6)8-1;1-2;1-5(2,3)4;/h(H6,4,5,6,7,8,9);1H2;(H3,1,2,3,4);1H2. The molecule has 0 aliphatic rings. The minimum atomic E-state index is -4.64. The fourth-order valence-corrected chi connectivity index (χ4v) is 0.427. The van der Waals surface area contributed by atoms with Crippen molar-refractivity contribution in [1.82, 2.24) is 15.0 Å². The molecule has 11 N–H and O–H groups in total. The molecule has 0 aliphatic heterocycles. The summed E-state index contributed by atoms with van der Waals surface area (Å²) in [6, 6.07) is 0. The lowest BCUT2D eigenvalue weighted by atomic mass is 10.9. The van der Waals surface area contributed by atoms with Crippen molar-refractivity contribution < 1.29 is 29.5 Å². The van der Waals surface area contributed by atoms with Gasteiger partial charge in [-0.3, -0.25) is 0 Å². The SMILES string of the molecule is C=O.Nc1nc(N)nc(N)n1.O.O=P(O)(O)O. The summed E-state index contributed by atoms with van der Waals surface area (Å²) in [5.41, 5.74) is 15.4. The maximum atomic E-state index is 8.88. The van der Waals surface area contributed by atoms with E-state index in [1.165, 1.54) is 0 Å². The minimum absolute atomic E-state index is 0. The molecule has 0 fully saturated rings. The third kappa shape index (κ3) is 20.3. The maximum Gasteiger partial charge on any atom is 0.466 e. The summed E-state index contributed by atoms with van der Waals surface area (Å²) < 4.78 is 8.88. The molecule has 0 aromatic carbocycles. The third-order valence-electron chi connectivity index (χ3n) is 0.687. The second-order valence-corrected chi connectivity index (χ2v) is 2.95. The Balaban J connectivity index is -0.000000213. The highest BCUT2D eigenvalue weighted by atomic mass is 31.2. The first kappa shape index (κ1) is 20.5. The molecule has 0 unspecified atom stereocenters. The van der Waals surface area contributed by atoms with Gasteiger partial charge in [0.2, 0.25) is 17.8 Å². The van der Waals surface area contributed by atoms with Crippen LogP contribution in [0.4, 0.5) is 17.8 Å². The van der Waals surface area contributed by atoms with Crippen molar-refractivity contribution in [2.75, 3.05) is 17.2 Å². The van der Waals surface area contributed by atoms with Gasteiger partial charge in [0.05, 0.1) is 0 Å². The van der Waals surface area contributed by atoms with Crippen molar-refractivity contribution in [3.8, 4) is 0 Å². The van der Waals surface area contributed by atoms with Crippen LogP contribution in [-0.4, -0.2) is 41.9 Å². The molecule has 1 aromatic heterocycles. The molecule has 13 heteroatoms. The average Bonchev–Trinajstić information content (AvgIpc) is 2.01. The summed E-state index contributed by atoms with van der Waals surface area (Å²) in [5, 5.41) is 0. The number of rotatable bonds is 0. The van der Waals surface area contributed by atoms with Gasteiger partial charge in [0.15, 0.2) is 0 Å². The van der Waals surface area contributed by atoms with Crippen LogP contribution in [0.2, 0.25) is 0 Å². The van der Waals surface area contributed by atoms with Gasteiger partial charge in [0, 0.05) is 0 Å². The van der Waals surface area contributed by atoms with Crippen LogP contribution in [-0.2, 0) is 9.36 Å². The van der Waals surface area contributed by atoms with E-state index in [4.69, 9.17) is 41.2 Å². The van der Waals surface area contributed by atoms with E-state index in [-0.39, 0.29) is 23.3 Å². The summed E-state index contributed by atoms with van der Waals surface area (Å²) in [5.74, 6) is 0.125. The van der Waals surface area contributed by atoms with Crippen LogP contribution in [0.5, 0.6) is 0 Å². The number of carbonyl (C=O) groups is 1. The van der Waals surface area contributed by atoms with Crippen molar-refractivity contribution >= 4 is 32.5 Å². The summed E-state index contributed by atoms with van der Waals surface area (Å²) in [6.45, 7) is 2.00. The fourth-order valence-electron chi connectivity index (χ4n) is 0.427. The molecule has 100 valence electrons. The monoisotopic (exact) mass is 272 g/mol. The lowest BCUT2D eigenvalue weighted by Crippen LogP contribution is -2.05. The van der Waals surface area contributed by atoms with E-state index in [0.717, 1.165) is 0 Å². The molecule has 12 nitrogen and oxygen atoms in total. The normalized spacial score (nSPS) is 8.65. The van der Waals surface area contributed by atoms with E-state index < -0.39 is 7.82 Å². The predicted octanol–water partition coefficient (Wildman–Crippen LogP) is -3.32. The molecular weight excluding hydrogens is 259 g/mol. The summed E-state index contributed by atoms with van der Waals surface area (Å²) in [6.07, 6.45) is 0. The van der Waals surface area contributed by atoms with E-state index in [2.05, 4.69) is 15.0 Å².